The lowest BCUT2D eigenvalue weighted by atomic mass is 10.0. The van der Waals surface area contributed by atoms with E-state index < -0.39 is 0 Å². The molecule has 1 aliphatic rings. The molecule has 0 N–H and O–H groups in total. The number of hydrazine groups is 1. The molecule has 1 aliphatic heterocycles. The van der Waals surface area contributed by atoms with Crippen LogP contribution in [0.25, 0.3) is 10.8 Å². The molecule has 1 heterocycles. The smallest absolute Gasteiger partial charge is 0.0998 e. The van der Waals surface area contributed by atoms with Crippen LogP contribution in [0.2, 0.25) is 0 Å². The third-order valence-corrected chi connectivity index (χ3v) is 5.35. The molecule has 0 spiro atoms. The van der Waals surface area contributed by atoms with Crippen LogP contribution in [0.4, 0.5) is 5.69 Å². The van der Waals surface area contributed by atoms with E-state index in [1.807, 2.05) is 42.5 Å². The molecule has 0 atom stereocenters. The Kier molecular flexibility index (Phi) is 5.24. The molecule has 4 nitrogen and oxygen atoms in total. The maximum atomic E-state index is 9.48. The van der Waals surface area contributed by atoms with Crippen LogP contribution in [0.5, 0.6) is 0 Å². The van der Waals surface area contributed by atoms with Crippen molar-refractivity contribution >= 4 is 16.5 Å². The number of nitrogens with zero attached hydrogens (tertiary/aromatic N) is 4. The molecule has 28 heavy (non-hydrogen) atoms. The second-order valence-corrected chi connectivity index (χ2v) is 7.17. The van der Waals surface area contributed by atoms with E-state index in [9.17, 15) is 10.5 Å². The zero-order valence-electron chi connectivity index (χ0n) is 15.8. The number of benzene rings is 3. The number of rotatable bonds is 3. The Balaban J connectivity index is 1.74. The van der Waals surface area contributed by atoms with E-state index in [1.54, 1.807) is 0 Å². The highest BCUT2D eigenvalue weighted by atomic mass is 15.6. The average molecular weight is 366 g/mol. The van der Waals surface area contributed by atoms with Crippen LogP contribution < -0.4 is 5.01 Å². The van der Waals surface area contributed by atoms with E-state index in [-0.39, 0.29) is 0 Å². The summed E-state index contributed by atoms with van der Waals surface area (Å²) in [6.07, 6.45) is 3.51. The lowest BCUT2D eigenvalue weighted by Gasteiger charge is -2.36. The van der Waals surface area contributed by atoms with E-state index in [0.717, 1.165) is 54.5 Å². The van der Waals surface area contributed by atoms with Crippen molar-refractivity contribution < 1.29 is 0 Å². The average Bonchev–Trinajstić information content (AvgIpc) is 2.98. The second kappa shape index (κ2) is 8.13. The number of hydrogen-bond acceptors (Lipinski definition) is 4. The SMILES string of the molecule is N#Cc1cccc(CN2CCCCCN2c2ccc(C#N)c3ccccc23)c1. The standard InChI is InChI=1S/C24H22N4/c25-16-19-7-6-8-20(15-19)18-27-13-4-1-5-14-28(27)24-12-11-21(17-26)22-9-2-3-10-23(22)24/h2-3,6-12,15H,1,4-5,13-14,18H2. The molecule has 3 aromatic rings. The number of hydrogen-bond donors (Lipinski definition) is 0. The fourth-order valence-electron chi connectivity index (χ4n) is 3.99. The minimum atomic E-state index is 0.697. The summed E-state index contributed by atoms with van der Waals surface area (Å²) < 4.78 is 0. The van der Waals surface area contributed by atoms with Crippen LogP contribution in [0, 0.1) is 22.7 Å². The second-order valence-electron chi connectivity index (χ2n) is 7.17. The number of fused-ring (bicyclic) bond motifs is 1. The van der Waals surface area contributed by atoms with Crippen LogP contribution in [0.1, 0.15) is 36.0 Å². The van der Waals surface area contributed by atoms with Crippen molar-refractivity contribution in [1.29, 1.82) is 10.5 Å². The summed E-state index contributed by atoms with van der Waals surface area (Å²) in [7, 11) is 0. The molecule has 138 valence electrons. The van der Waals surface area contributed by atoms with Gasteiger partial charge in [-0.05, 0) is 42.7 Å². The van der Waals surface area contributed by atoms with Gasteiger partial charge in [0.05, 0.1) is 29.0 Å². The summed E-state index contributed by atoms with van der Waals surface area (Å²) in [6.45, 7) is 2.70. The van der Waals surface area contributed by atoms with Gasteiger partial charge in [0.25, 0.3) is 0 Å². The molecule has 0 aromatic heterocycles. The lowest BCUT2D eigenvalue weighted by molar-refractivity contribution is 0.253. The number of anilines is 1. The van der Waals surface area contributed by atoms with Gasteiger partial charge in [0.15, 0.2) is 0 Å². The number of nitriles is 2. The molecule has 1 fully saturated rings. The Bertz CT molecular complexity index is 1070. The zero-order chi connectivity index (χ0) is 19.3. The van der Waals surface area contributed by atoms with Gasteiger partial charge in [-0.1, -0.05) is 42.8 Å². The molecule has 0 saturated carbocycles. The molecule has 4 heteroatoms. The predicted octanol–water partition coefficient (Wildman–Crippen LogP) is 4.99. The summed E-state index contributed by atoms with van der Waals surface area (Å²) >= 11 is 0. The maximum Gasteiger partial charge on any atom is 0.0998 e. The monoisotopic (exact) mass is 366 g/mol. The van der Waals surface area contributed by atoms with Crippen LogP contribution in [0.3, 0.4) is 0 Å². The Morgan fingerprint density at radius 2 is 1.61 bits per heavy atom. The maximum absolute atomic E-state index is 9.48. The van der Waals surface area contributed by atoms with Gasteiger partial charge in [0, 0.05) is 30.4 Å². The van der Waals surface area contributed by atoms with Gasteiger partial charge in [-0.3, -0.25) is 0 Å². The first-order valence-electron chi connectivity index (χ1n) is 9.73. The summed E-state index contributed by atoms with van der Waals surface area (Å²) in [6, 6.07) is 24.5. The largest absolute Gasteiger partial charge is 0.305 e. The molecule has 0 bridgehead atoms. The van der Waals surface area contributed by atoms with Crippen LogP contribution in [-0.4, -0.2) is 18.1 Å². The van der Waals surface area contributed by atoms with Gasteiger partial charge in [0.1, 0.15) is 0 Å². The van der Waals surface area contributed by atoms with Gasteiger partial charge in [-0.2, -0.15) is 10.5 Å². The Morgan fingerprint density at radius 1 is 0.786 bits per heavy atom. The van der Waals surface area contributed by atoms with Crippen molar-refractivity contribution in [3.8, 4) is 12.1 Å². The quantitative estimate of drug-likeness (QED) is 0.655. The summed E-state index contributed by atoms with van der Waals surface area (Å²) in [5.41, 5.74) is 3.70. The van der Waals surface area contributed by atoms with E-state index in [0.29, 0.717) is 11.1 Å². The van der Waals surface area contributed by atoms with Crippen molar-refractivity contribution in [3.63, 3.8) is 0 Å². The predicted molar refractivity (Wildman–Crippen MR) is 111 cm³/mol. The first-order chi connectivity index (χ1) is 13.8. The van der Waals surface area contributed by atoms with E-state index >= 15 is 0 Å². The minimum absolute atomic E-state index is 0.697. The first kappa shape index (κ1) is 18.0. The highest BCUT2D eigenvalue weighted by molar-refractivity contribution is 5.97. The lowest BCUT2D eigenvalue weighted by Crippen LogP contribution is -2.42. The van der Waals surface area contributed by atoms with E-state index in [2.05, 4.69) is 40.4 Å². The van der Waals surface area contributed by atoms with Crippen molar-refractivity contribution in [3.05, 3.63) is 77.4 Å². The van der Waals surface area contributed by atoms with E-state index in [4.69, 9.17) is 0 Å². The molecule has 0 amide bonds. The van der Waals surface area contributed by atoms with Crippen LogP contribution in [0.15, 0.2) is 60.7 Å². The highest BCUT2D eigenvalue weighted by Gasteiger charge is 2.21. The molecular weight excluding hydrogens is 344 g/mol. The van der Waals surface area contributed by atoms with Crippen LogP contribution >= 0.6 is 0 Å². The molecule has 0 aliphatic carbocycles. The molecule has 4 rings (SSSR count). The summed E-state index contributed by atoms with van der Waals surface area (Å²) in [4.78, 5) is 0. The highest BCUT2D eigenvalue weighted by Crippen LogP contribution is 2.32. The molecule has 0 unspecified atom stereocenters. The molecule has 3 aromatic carbocycles. The van der Waals surface area contributed by atoms with Gasteiger partial charge < -0.3 is 5.01 Å². The van der Waals surface area contributed by atoms with Gasteiger partial charge >= 0.3 is 0 Å². The van der Waals surface area contributed by atoms with Crippen molar-refractivity contribution in [1.82, 2.24) is 5.01 Å². The third-order valence-electron chi connectivity index (χ3n) is 5.35. The van der Waals surface area contributed by atoms with Crippen LogP contribution in [-0.2, 0) is 6.54 Å². The molecule has 1 saturated heterocycles. The Morgan fingerprint density at radius 3 is 2.43 bits per heavy atom. The Hall–Kier alpha value is -3.34. The third kappa shape index (κ3) is 3.56. The minimum Gasteiger partial charge on any atom is -0.305 e. The normalized spacial score (nSPS) is 15.0. The fraction of sp³-hybridized carbons (Fsp3) is 0.250. The molecule has 0 radical (unpaired) electrons. The van der Waals surface area contributed by atoms with Gasteiger partial charge in [-0.15, -0.1) is 0 Å². The van der Waals surface area contributed by atoms with Gasteiger partial charge in [-0.25, -0.2) is 5.01 Å². The zero-order valence-corrected chi connectivity index (χ0v) is 15.8. The summed E-state index contributed by atoms with van der Waals surface area (Å²) in [5, 5.41) is 25.6. The van der Waals surface area contributed by atoms with Crippen molar-refractivity contribution in [2.24, 2.45) is 0 Å². The van der Waals surface area contributed by atoms with Crippen molar-refractivity contribution in [2.45, 2.75) is 25.8 Å². The van der Waals surface area contributed by atoms with Gasteiger partial charge in [0.2, 0.25) is 0 Å². The van der Waals surface area contributed by atoms with Crippen molar-refractivity contribution in [2.75, 3.05) is 18.1 Å². The van der Waals surface area contributed by atoms with E-state index in [1.165, 1.54) is 6.42 Å². The fourth-order valence-corrected chi connectivity index (χ4v) is 3.99. The Labute approximate surface area is 165 Å². The topological polar surface area (TPSA) is 54.1 Å². The molecular formula is C24H22N4. The summed E-state index contributed by atoms with van der Waals surface area (Å²) in [5.74, 6) is 0. The first-order valence-corrected chi connectivity index (χ1v) is 9.73.